The number of hydrogen-bond acceptors (Lipinski definition) is 2. The van der Waals surface area contributed by atoms with Gasteiger partial charge >= 0.3 is 0 Å². The summed E-state index contributed by atoms with van der Waals surface area (Å²) in [6.45, 7) is 7.48. The van der Waals surface area contributed by atoms with E-state index in [1.54, 1.807) is 0 Å². The number of carbonyl (C=O) groups is 1. The molecule has 0 aromatic rings. The summed E-state index contributed by atoms with van der Waals surface area (Å²) >= 11 is 0. The van der Waals surface area contributed by atoms with Gasteiger partial charge in [0.25, 0.3) is 0 Å². The van der Waals surface area contributed by atoms with Crippen LogP contribution >= 0.6 is 0 Å². The molecule has 0 unspecified atom stereocenters. The van der Waals surface area contributed by atoms with Crippen LogP contribution in [-0.4, -0.2) is 37.0 Å². The fourth-order valence-corrected chi connectivity index (χ4v) is 2.37. The van der Waals surface area contributed by atoms with Crippen LogP contribution in [0.15, 0.2) is 0 Å². The summed E-state index contributed by atoms with van der Waals surface area (Å²) in [5, 5.41) is 3.38. The van der Waals surface area contributed by atoms with E-state index in [2.05, 4.69) is 19.2 Å². The third-order valence-electron chi connectivity index (χ3n) is 3.97. The van der Waals surface area contributed by atoms with E-state index in [4.69, 9.17) is 0 Å². The van der Waals surface area contributed by atoms with Gasteiger partial charge in [-0.3, -0.25) is 4.79 Å². The van der Waals surface area contributed by atoms with Crippen molar-refractivity contribution in [2.75, 3.05) is 19.6 Å². The minimum absolute atomic E-state index is 0.871. The normalized spacial score (nSPS) is 21.4. The Balaban J connectivity index is 0.000000181. The minimum Gasteiger partial charge on any atom is -0.345 e. The first-order valence-electron chi connectivity index (χ1n) is 7.22. The van der Waals surface area contributed by atoms with E-state index < -0.39 is 0 Å². The van der Waals surface area contributed by atoms with Crippen molar-refractivity contribution in [3.05, 3.63) is 0 Å². The van der Waals surface area contributed by atoms with Crippen molar-refractivity contribution >= 4 is 6.41 Å². The van der Waals surface area contributed by atoms with Gasteiger partial charge in [-0.05, 0) is 38.1 Å². The summed E-state index contributed by atoms with van der Waals surface area (Å²) in [4.78, 5) is 12.1. The van der Waals surface area contributed by atoms with Crippen LogP contribution in [0.4, 0.5) is 0 Å². The number of nitrogens with zero attached hydrogens (tertiary/aromatic N) is 1. The van der Waals surface area contributed by atoms with Gasteiger partial charge in [-0.1, -0.05) is 26.7 Å². The number of piperidine rings is 1. The quantitative estimate of drug-likeness (QED) is 0.765. The van der Waals surface area contributed by atoms with Gasteiger partial charge in [0.15, 0.2) is 0 Å². The van der Waals surface area contributed by atoms with E-state index in [9.17, 15) is 4.79 Å². The molecule has 0 spiro atoms. The largest absolute Gasteiger partial charge is 0.345 e. The Bertz CT molecular complexity index is 196. The van der Waals surface area contributed by atoms with Crippen LogP contribution in [0.2, 0.25) is 0 Å². The van der Waals surface area contributed by atoms with Crippen LogP contribution in [0, 0.1) is 5.92 Å². The first kappa shape index (κ1) is 14.5. The average molecular weight is 240 g/mol. The summed E-state index contributed by atoms with van der Waals surface area (Å²) in [6, 6.07) is 0.880. The molecule has 0 bridgehead atoms. The maximum atomic E-state index is 10.3. The van der Waals surface area contributed by atoms with Crippen molar-refractivity contribution in [2.24, 2.45) is 5.92 Å². The van der Waals surface area contributed by atoms with E-state index in [1.165, 1.54) is 38.5 Å². The van der Waals surface area contributed by atoms with E-state index >= 15 is 0 Å². The Hall–Kier alpha value is -0.570. The highest BCUT2D eigenvalue weighted by atomic mass is 16.1. The number of nitrogens with one attached hydrogen (secondary N) is 1. The van der Waals surface area contributed by atoms with Gasteiger partial charge in [0.2, 0.25) is 6.41 Å². The van der Waals surface area contributed by atoms with Crippen LogP contribution in [0.1, 0.15) is 52.4 Å². The van der Waals surface area contributed by atoms with Crippen molar-refractivity contribution in [1.29, 1.82) is 0 Å². The molecule has 1 saturated heterocycles. The van der Waals surface area contributed by atoms with Crippen LogP contribution in [0.25, 0.3) is 0 Å². The predicted octanol–water partition coefficient (Wildman–Crippen LogP) is 2.41. The molecular formula is C14H28N2O. The molecule has 0 radical (unpaired) electrons. The van der Waals surface area contributed by atoms with Gasteiger partial charge in [0.05, 0.1) is 0 Å². The molecule has 1 heterocycles. The minimum atomic E-state index is 0.871. The summed E-state index contributed by atoms with van der Waals surface area (Å²) < 4.78 is 0. The second-order valence-electron chi connectivity index (χ2n) is 5.18. The highest BCUT2D eigenvalue weighted by Gasteiger charge is 2.15. The fourth-order valence-electron chi connectivity index (χ4n) is 2.37. The van der Waals surface area contributed by atoms with Crippen LogP contribution in [0.3, 0.4) is 0 Å². The van der Waals surface area contributed by atoms with Gasteiger partial charge in [0, 0.05) is 19.1 Å². The number of amides is 1. The molecule has 1 saturated carbocycles. The number of likely N-dealkylation sites (tertiary alicyclic amines) is 1. The van der Waals surface area contributed by atoms with Crippen molar-refractivity contribution in [3.8, 4) is 0 Å². The van der Waals surface area contributed by atoms with Crippen LogP contribution < -0.4 is 5.32 Å². The SMILES string of the molecule is CCC1CCN(C=O)CC1.CCNC1CCC1. The monoisotopic (exact) mass is 240 g/mol. The molecule has 100 valence electrons. The van der Waals surface area contributed by atoms with Gasteiger partial charge in [-0.25, -0.2) is 0 Å². The number of hydrogen-bond donors (Lipinski definition) is 1. The Labute approximate surface area is 106 Å². The highest BCUT2D eigenvalue weighted by molar-refractivity contribution is 5.47. The molecule has 1 aliphatic heterocycles. The maximum Gasteiger partial charge on any atom is 0.209 e. The zero-order chi connectivity index (χ0) is 12.5. The van der Waals surface area contributed by atoms with Gasteiger partial charge < -0.3 is 10.2 Å². The van der Waals surface area contributed by atoms with Crippen molar-refractivity contribution in [1.82, 2.24) is 10.2 Å². The summed E-state index contributed by atoms with van der Waals surface area (Å²) in [5.74, 6) is 0.871. The molecule has 0 atom stereocenters. The Kier molecular flexibility index (Phi) is 7.25. The molecule has 2 fully saturated rings. The lowest BCUT2D eigenvalue weighted by molar-refractivity contribution is -0.119. The van der Waals surface area contributed by atoms with Crippen LogP contribution in [-0.2, 0) is 4.79 Å². The molecule has 1 aliphatic carbocycles. The van der Waals surface area contributed by atoms with Crippen LogP contribution in [0.5, 0.6) is 0 Å². The van der Waals surface area contributed by atoms with Crippen molar-refractivity contribution < 1.29 is 4.79 Å². The molecule has 1 amide bonds. The molecule has 1 N–H and O–H groups in total. The molecular weight excluding hydrogens is 212 g/mol. The topological polar surface area (TPSA) is 32.3 Å². The number of carbonyl (C=O) groups excluding carboxylic acids is 1. The molecule has 3 heteroatoms. The van der Waals surface area contributed by atoms with Gasteiger partial charge in [-0.2, -0.15) is 0 Å². The third-order valence-corrected chi connectivity index (χ3v) is 3.97. The van der Waals surface area contributed by atoms with Crippen molar-refractivity contribution in [3.63, 3.8) is 0 Å². The Morgan fingerprint density at radius 1 is 1.18 bits per heavy atom. The number of rotatable bonds is 4. The van der Waals surface area contributed by atoms with E-state index in [-0.39, 0.29) is 0 Å². The standard InChI is InChI=1S/C8H15NO.C6H13N/c1-2-8-3-5-9(7-10)6-4-8;1-2-7-6-4-3-5-6/h7-8H,2-6H2,1H3;6-7H,2-5H2,1H3. The van der Waals surface area contributed by atoms with E-state index in [1.807, 2.05) is 4.90 Å². The second kappa shape index (κ2) is 8.51. The lowest BCUT2D eigenvalue weighted by atomic mass is 9.93. The Morgan fingerprint density at radius 3 is 2.12 bits per heavy atom. The molecule has 2 rings (SSSR count). The molecule has 17 heavy (non-hydrogen) atoms. The van der Waals surface area contributed by atoms with Gasteiger partial charge in [0.1, 0.15) is 0 Å². The first-order chi connectivity index (χ1) is 8.30. The lowest BCUT2D eigenvalue weighted by Crippen LogP contribution is -2.34. The Morgan fingerprint density at radius 2 is 1.82 bits per heavy atom. The zero-order valence-electron chi connectivity index (χ0n) is 11.5. The summed E-state index contributed by atoms with van der Waals surface area (Å²) in [7, 11) is 0. The molecule has 2 aliphatic rings. The highest BCUT2D eigenvalue weighted by Crippen LogP contribution is 2.18. The smallest absolute Gasteiger partial charge is 0.209 e. The van der Waals surface area contributed by atoms with Crippen molar-refractivity contribution in [2.45, 2.75) is 58.4 Å². The van der Waals surface area contributed by atoms with E-state index in [0.717, 1.165) is 38.0 Å². The molecule has 0 aromatic carbocycles. The summed E-state index contributed by atoms with van der Waals surface area (Å²) in [5.41, 5.74) is 0. The second-order valence-corrected chi connectivity index (χ2v) is 5.18. The average Bonchev–Trinajstić information content (AvgIpc) is 2.35. The van der Waals surface area contributed by atoms with E-state index in [0.29, 0.717) is 0 Å². The summed E-state index contributed by atoms with van der Waals surface area (Å²) in [6.07, 6.45) is 8.91. The zero-order valence-corrected chi connectivity index (χ0v) is 11.5. The lowest BCUT2D eigenvalue weighted by Gasteiger charge is -2.28. The maximum absolute atomic E-state index is 10.3. The molecule has 3 nitrogen and oxygen atoms in total. The third kappa shape index (κ3) is 5.53. The van der Waals surface area contributed by atoms with Gasteiger partial charge in [-0.15, -0.1) is 0 Å². The predicted molar refractivity (Wildman–Crippen MR) is 72.0 cm³/mol. The molecule has 0 aromatic heterocycles. The fraction of sp³-hybridized carbons (Fsp3) is 0.929. The first-order valence-corrected chi connectivity index (χ1v) is 7.22.